The summed E-state index contributed by atoms with van der Waals surface area (Å²) in [6, 6.07) is 4.72. The molecule has 4 N–H and O–H groups in total. The summed E-state index contributed by atoms with van der Waals surface area (Å²) in [6.07, 6.45) is 6.19. The number of amides is 1. The summed E-state index contributed by atoms with van der Waals surface area (Å²) in [4.78, 5) is 23.4. The van der Waals surface area contributed by atoms with E-state index in [4.69, 9.17) is 19.9 Å². The van der Waals surface area contributed by atoms with Crippen LogP contribution in [0.1, 0.15) is 71.8 Å². The molecule has 0 aromatic heterocycles. The van der Waals surface area contributed by atoms with E-state index in [0.717, 1.165) is 0 Å². The molecule has 0 aliphatic heterocycles. The second kappa shape index (κ2) is 13.2. The minimum Gasteiger partial charge on any atom is -0.497 e. The summed E-state index contributed by atoms with van der Waals surface area (Å²) < 4.78 is 15.9. The van der Waals surface area contributed by atoms with Crippen molar-refractivity contribution in [3.8, 4) is 11.5 Å². The van der Waals surface area contributed by atoms with Crippen molar-refractivity contribution in [1.82, 2.24) is 5.32 Å². The van der Waals surface area contributed by atoms with Crippen LogP contribution >= 0.6 is 0 Å². The lowest BCUT2D eigenvalue weighted by atomic mass is 9.97. The van der Waals surface area contributed by atoms with Crippen LogP contribution in [-0.2, 0) is 15.1 Å². The highest BCUT2D eigenvalue weighted by molar-refractivity contribution is 5.80. The van der Waals surface area contributed by atoms with Crippen molar-refractivity contribution in [1.29, 1.82) is 0 Å². The van der Waals surface area contributed by atoms with Crippen LogP contribution < -0.4 is 20.5 Å². The molecule has 8 nitrogen and oxygen atoms in total. The summed E-state index contributed by atoms with van der Waals surface area (Å²) >= 11 is 0. The molecule has 1 unspecified atom stereocenters. The Hall–Kier alpha value is -2.48. The minimum absolute atomic E-state index is 0.122. The maximum Gasteiger partial charge on any atom is 0.408 e. The molecule has 2 rings (SSSR count). The van der Waals surface area contributed by atoms with Gasteiger partial charge in [0.1, 0.15) is 23.1 Å². The van der Waals surface area contributed by atoms with Crippen LogP contribution in [0.15, 0.2) is 18.2 Å². The van der Waals surface area contributed by atoms with Crippen molar-refractivity contribution in [2.75, 3.05) is 14.2 Å². The average molecular weight is 453 g/mol. The number of carboxylic acids is 1. The molecule has 8 heteroatoms. The molecular formula is C24H40N2O6. The highest BCUT2D eigenvalue weighted by Gasteiger charge is 2.29. The van der Waals surface area contributed by atoms with Crippen molar-refractivity contribution in [2.24, 2.45) is 11.7 Å². The third-order valence-electron chi connectivity index (χ3n) is 5.34. The zero-order valence-electron chi connectivity index (χ0n) is 20.3. The lowest BCUT2D eigenvalue weighted by Gasteiger charge is -2.27. The van der Waals surface area contributed by atoms with Crippen LogP contribution in [-0.4, -0.2) is 43.5 Å². The number of carbonyl (C=O) groups is 2. The van der Waals surface area contributed by atoms with Gasteiger partial charge in [0.2, 0.25) is 0 Å². The van der Waals surface area contributed by atoms with Gasteiger partial charge in [-0.2, -0.15) is 0 Å². The first kappa shape index (κ1) is 27.6. The van der Waals surface area contributed by atoms with Crippen molar-refractivity contribution < 1.29 is 28.9 Å². The van der Waals surface area contributed by atoms with E-state index >= 15 is 0 Å². The predicted octanol–water partition coefficient (Wildman–Crippen LogP) is 4.44. The summed E-state index contributed by atoms with van der Waals surface area (Å²) in [5, 5.41) is 11.6. The molecule has 0 heterocycles. The molecule has 1 aromatic rings. The molecule has 1 fully saturated rings. The number of hydrogen-bond donors (Lipinski definition) is 3. The SMILES string of the molecule is COc1cc(OC)cc(C(C)(C)OC(=O)NC(CC(C)C)C(=O)O)c1.NC1CCCCC1. The zero-order valence-corrected chi connectivity index (χ0v) is 20.3. The molecule has 0 saturated heterocycles. The number of carbonyl (C=O) groups excluding carboxylic acids is 1. The first-order chi connectivity index (χ1) is 15.0. The number of rotatable bonds is 8. The van der Waals surface area contributed by atoms with Crippen LogP contribution in [0.4, 0.5) is 4.79 Å². The number of hydrogen-bond acceptors (Lipinski definition) is 6. The van der Waals surface area contributed by atoms with E-state index in [9.17, 15) is 14.7 Å². The molecular weight excluding hydrogens is 412 g/mol. The molecule has 1 aliphatic rings. The van der Waals surface area contributed by atoms with Crippen molar-refractivity contribution >= 4 is 12.1 Å². The molecule has 1 aliphatic carbocycles. The van der Waals surface area contributed by atoms with Gasteiger partial charge in [0, 0.05) is 17.7 Å². The highest BCUT2D eigenvalue weighted by Crippen LogP contribution is 2.32. The molecule has 0 spiro atoms. The predicted molar refractivity (Wildman–Crippen MR) is 124 cm³/mol. The van der Waals surface area contributed by atoms with Gasteiger partial charge in [-0.25, -0.2) is 9.59 Å². The minimum atomic E-state index is -1.09. The standard InChI is InChI=1S/C18H27NO6.C6H13N/c1-11(2)7-15(16(20)21)19-17(22)25-18(3,4)12-8-13(23-5)10-14(9-12)24-6;7-6-4-2-1-3-5-6/h8-11,15H,7H2,1-6H3,(H,19,22)(H,20,21);6H,1-5,7H2. The van der Waals surface area contributed by atoms with Crippen LogP contribution in [0.5, 0.6) is 11.5 Å². The lowest BCUT2D eigenvalue weighted by molar-refractivity contribution is -0.139. The van der Waals surface area contributed by atoms with E-state index in [1.807, 2.05) is 13.8 Å². The summed E-state index contributed by atoms with van der Waals surface area (Å²) in [5.41, 5.74) is 5.29. The topological polar surface area (TPSA) is 120 Å². The average Bonchev–Trinajstić information content (AvgIpc) is 2.73. The fourth-order valence-electron chi connectivity index (χ4n) is 3.44. The number of ether oxygens (including phenoxy) is 3. The van der Waals surface area contributed by atoms with E-state index < -0.39 is 23.7 Å². The van der Waals surface area contributed by atoms with Gasteiger partial charge in [0.15, 0.2) is 0 Å². The molecule has 1 atom stereocenters. The molecule has 1 saturated carbocycles. The van der Waals surface area contributed by atoms with Gasteiger partial charge in [-0.05, 0) is 51.2 Å². The quantitative estimate of drug-likeness (QED) is 0.533. The first-order valence-electron chi connectivity index (χ1n) is 11.2. The van der Waals surface area contributed by atoms with E-state index in [1.54, 1.807) is 32.0 Å². The van der Waals surface area contributed by atoms with Gasteiger partial charge in [-0.15, -0.1) is 0 Å². The highest BCUT2D eigenvalue weighted by atomic mass is 16.6. The van der Waals surface area contributed by atoms with E-state index in [1.165, 1.54) is 46.3 Å². The maximum absolute atomic E-state index is 12.2. The van der Waals surface area contributed by atoms with Crippen molar-refractivity contribution in [2.45, 2.75) is 83.9 Å². The lowest BCUT2D eigenvalue weighted by Crippen LogP contribution is -2.44. The molecule has 182 valence electrons. The Kier molecular flexibility index (Phi) is 11.3. The van der Waals surface area contributed by atoms with Crippen LogP contribution in [0.3, 0.4) is 0 Å². The summed E-state index contributed by atoms with van der Waals surface area (Å²) in [5.74, 6) is 0.160. The van der Waals surface area contributed by atoms with Crippen LogP contribution in [0.2, 0.25) is 0 Å². The molecule has 0 bridgehead atoms. The number of nitrogens with one attached hydrogen (secondary N) is 1. The van der Waals surface area contributed by atoms with Crippen LogP contribution in [0, 0.1) is 5.92 Å². The number of aliphatic carboxylic acids is 1. The second-order valence-electron chi connectivity index (χ2n) is 9.06. The third kappa shape index (κ3) is 9.77. The smallest absolute Gasteiger partial charge is 0.408 e. The second-order valence-corrected chi connectivity index (χ2v) is 9.06. The molecule has 1 aromatic carbocycles. The van der Waals surface area contributed by atoms with Gasteiger partial charge in [0.05, 0.1) is 14.2 Å². The van der Waals surface area contributed by atoms with Crippen LogP contribution in [0.25, 0.3) is 0 Å². The van der Waals surface area contributed by atoms with Gasteiger partial charge in [0.25, 0.3) is 0 Å². The zero-order chi connectivity index (χ0) is 24.3. The summed E-state index contributed by atoms with van der Waals surface area (Å²) in [6.45, 7) is 7.18. The number of carboxylic acid groups (broad SMARTS) is 1. The fraction of sp³-hybridized carbons (Fsp3) is 0.667. The Bertz CT molecular complexity index is 707. The normalized spacial score (nSPS) is 15.2. The van der Waals surface area contributed by atoms with Gasteiger partial charge >= 0.3 is 12.1 Å². The van der Waals surface area contributed by atoms with E-state index in [-0.39, 0.29) is 5.92 Å². The van der Waals surface area contributed by atoms with Gasteiger partial charge in [-0.3, -0.25) is 0 Å². The fourth-order valence-corrected chi connectivity index (χ4v) is 3.44. The van der Waals surface area contributed by atoms with Gasteiger partial charge < -0.3 is 30.4 Å². The molecule has 0 radical (unpaired) electrons. The Labute approximate surface area is 191 Å². The molecule has 32 heavy (non-hydrogen) atoms. The van der Waals surface area contributed by atoms with Gasteiger partial charge in [-0.1, -0.05) is 33.1 Å². The largest absolute Gasteiger partial charge is 0.497 e. The number of methoxy groups -OCH3 is 2. The molecule has 1 amide bonds. The Morgan fingerprint density at radius 1 is 1.09 bits per heavy atom. The Morgan fingerprint density at radius 3 is 2.00 bits per heavy atom. The third-order valence-corrected chi connectivity index (χ3v) is 5.34. The monoisotopic (exact) mass is 452 g/mol. The Balaban J connectivity index is 0.000000616. The number of nitrogens with two attached hydrogens (primary N) is 1. The van der Waals surface area contributed by atoms with Crippen molar-refractivity contribution in [3.05, 3.63) is 23.8 Å². The number of benzene rings is 1. The van der Waals surface area contributed by atoms with E-state index in [2.05, 4.69) is 5.32 Å². The van der Waals surface area contributed by atoms with Crippen molar-refractivity contribution in [3.63, 3.8) is 0 Å². The Morgan fingerprint density at radius 2 is 1.62 bits per heavy atom. The van der Waals surface area contributed by atoms with E-state index in [0.29, 0.717) is 29.5 Å². The maximum atomic E-state index is 12.2. The summed E-state index contributed by atoms with van der Waals surface area (Å²) in [7, 11) is 3.06. The number of alkyl carbamates (subject to hydrolysis) is 1. The first-order valence-corrected chi connectivity index (χ1v) is 11.2.